The van der Waals surface area contributed by atoms with E-state index in [1.165, 1.54) is 5.56 Å². The van der Waals surface area contributed by atoms with E-state index in [1.54, 1.807) is 4.90 Å². The van der Waals surface area contributed by atoms with Crippen LogP contribution in [0.3, 0.4) is 0 Å². The quantitative estimate of drug-likeness (QED) is 0.806. The summed E-state index contributed by atoms with van der Waals surface area (Å²) < 4.78 is 0. The van der Waals surface area contributed by atoms with E-state index in [4.69, 9.17) is 0 Å². The van der Waals surface area contributed by atoms with Gasteiger partial charge < -0.3 is 15.3 Å². The molecule has 1 heterocycles. The summed E-state index contributed by atoms with van der Waals surface area (Å²) >= 11 is 0. The second-order valence-electron chi connectivity index (χ2n) is 7.58. The molecular formula is C20H28N2O3. The SMILES string of the molecule is CC(C)c1ccc(N2CCC(C(=O)NCC3CCCC3O)C2=O)cc1. The van der Waals surface area contributed by atoms with Crippen LogP contribution in [0.4, 0.5) is 5.69 Å². The Morgan fingerprint density at radius 2 is 1.96 bits per heavy atom. The maximum atomic E-state index is 12.6. The van der Waals surface area contributed by atoms with E-state index >= 15 is 0 Å². The maximum Gasteiger partial charge on any atom is 0.239 e. The molecule has 0 bridgehead atoms. The lowest BCUT2D eigenvalue weighted by Crippen LogP contribution is -2.40. The Bertz CT molecular complexity index is 626. The second-order valence-corrected chi connectivity index (χ2v) is 7.58. The first-order chi connectivity index (χ1) is 12.0. The van der Waals surface area contributed by atoms with Crippen molar-refractivity contribution in [3.8, 4) is 0 Å². The zero-order valence-corrected chi connectivity index (χ0v) is 15.1. The summed E-state index contributed by atoms with van der Waals surface area (Å²) in [5.41, 5.74) is 2.09. The molecule has 3 atom stereocenters. The molecule has 1 aromatic rings. The molecule has 3 unspecified atom stereocenters. The van der Waals surface area contributed by atoms with Crippen molar-refractivity contribution in [1.29, 1.82) is 0 Å². The highest BCUT2D eigenvalue weighted by atomic mass is 16.3. The number of hydrogen-bond donors (Lipinski definition) is 2. The van der Waals surface area contributed by atoms with Crippen LogP contribution >= 0.6 is 0 Å². The van der Waals surface area contributed by atoms with Gasteiger partial charge in [0.25, 0.3) is 0 Å². The fraction of sp³-hybridized carbons (Fsp3) is 0.600. The van der Waals surface area contributed by atoms with Gasteiger partial charge in [0, 0.05) is 24.7 Å². The van der Waals surface area contributed by atoms with Crippen LogP contribution in [0.1, 0.15) is 51.0 Å². The summed E-state index contributed by atoms with van der Waals surface area (Å²) in [5.74, 6) is -0.358. The zero-order chi connectivity index (χ0) is 18.0. The Hall–Kier alpha value is -1.88. The number of carbonyl (C=O) groups is 2. The van der Waals surface area contributed by atoms with Crippen LogP contribution in [-0.4, -0.2) is 36.1 Å². The number of nitrogens with one attached hydrogen (secondary N) is 1. The van der Waals surface area contributed by atoms with Gasteiger partial charge in [-0.3, -0.25) is 9.59 Å². The third kappa shape index (κ3) is 3.87. The molecule has 136 valence electrons. The molecular weight excluding hydrogens is 316 g/mol. The molecule has 1 aliphatic carbocycles. The molecule has 3 rings (SSSR count). The fourth-order valence-corrected chi connectivity index (χ4v) is 3.83. The Labute approximate surface area is 149 Å². The summed E-state index contributed by atoms with van der Waals surface area (Å²) in [6, 6.07) is 8.01. The van der Waals surface area contributed by atoms with Crippen LogP contribution in [0.2, 0.25) is 0 Å². The van der Waals surface area contributed by atoms with Gasteiger partial charge in [0.2, 0.25) is 11.8 Å². The van der Waals surface area contributed by atoms with Gasteiger partial charge in [0.15, 0.2) is 0 Å². The van der Waals surface area contributed by atoms with Crippen LogP contribution in [-0.2, 0) is 9.59 Å². The second kappa shape index (κ2) is 7.56. The van der Waals surface area contributed by atoms with Gasteiger partial charge in [-0.25, -0.2) is 0 Å². The number of hydrogen-bond acceptors (Lipinski definition) is 3. The lowest BCUT2D eigenvalue weighted by Gasteiger charge is -2.19. The Morgan fingerprint density at radius 3 is 2.56 bits per heavy atom. The summed E-state index contributed by atoms with van der Waals surface area (Å²) in [6.45, 7) is 5.31. The number of benzene rings is 1. The Balaban J connectivity index is 1.58. The maximum absolute atomic E-state index is 12.6. The highest BCUT2D eigenvalue weighted by molar-refractivity contribution is 6.09. The largest absolute Gasteiger partial charge is 0.393 e. The molecule has 5 nitrogen and oxygen atoms in total. The van der Waals surface area contributed by atoms with Crippen LogP contribution < -0.4 is 10.2 Å². The van der Waals surface area contributed by atoms with Gasteiger partial charge in [-0.2, -0.15) is 0 Å². The molecule has 0 aromatic heterocycles. The monoisotopic (exact) mass is 344 g/mol. The number of anilines is 1. The summed E-state index contributed by atoms with van der Waals surface area (Å²) in [4.78, 5) is 26.7. The Kier molecular flexibility index (Phi) is 5.42. The smallest absolute Gasteiger partial charge is 0.239 e. The van der Waals surface area contributed by atoms with E-state index in [0.717, 1.165) is 24.9 Å². The molecule has 1 aromatic carbocycles. The first-order valence-corrected chi connectivity index (χ1v) is 9.34. The average Bonchev–Trinajstić information content (AvgIpc) is 3.18. The van der Waals surface area contributed by atoms with Crippen molar-refractivity contribution >= 4 is 17.5 Å². The summed E-state index contributed by atoms with van der Waals surface area (Å²) in [7, 11) is 0. The summed E-state index contributed by atoms with van der Waals surface area (Å²) in [6.07, 6.45) is 2.97. The fourth-order valence-electron chi connectivity index (χ4n) is 3.83. The van der Waals surface area contributed by atoms with E-state index in [2.05, 4.69) is 19.2 Å². The predicted octanol–water partition coefficient (Wildman–Crippen LogP) is 2.44. The molecule has 2 aliphatic rings. The number of carbonyl (C=O) groups excluding carboxylic acids is 2. The number of rotatable bonds is 5. The van der Waals surface area contributed by atoms with Crippen LogP contribution in [0.15, 0.2) is 24.3 Å². The number of nitrogens with zero attached hydrogens (tertiary/aromatic N) is 1. The zero-order valence-electron chi connectivity index (χ0n) is 15.1. The van der Waals surface area contributed by atoms with Crippen molar-refractivity contribution in [2.24, 2.45) is 11.8 Å². The summed E-state index contributed by atoms with van der Waals surface area (Å²) in [5, 5.41) is 12.7. The van der Waals surface area contributed by atoms with Gasteiger partial charge in [-0.15, -0.1) is 0 Å². The Morgan fingerprint density at radius 1 is 1.24 bits per heavy atom. The van der Waals surface area contributed by atoms with Gasteiger partial charge in [0.05, 0.1) is 6.10 Å². The van der Waals surface area contributed by atoms with E-state index in [9.17, 15) is 14.7 Å². The minimum absolute atomic E-state index is 0.123. The lowest BCUT2D eigenvalue weighted by molar-refractivity contribution is -0.132. The molecule has 1 aliphatic heterocycles. The van der Waals surface area contributed by atoms with E-state index in [0.29, 0.717) is 25.4 Å². The lowest BCUT2D eigenvalue weighted by atomic mass is 10.0. The van der Waals surface area contributed by atoms with Crippen molar-refractivity contribution < 1.29 is 14.7 Å². The van der Waals surface area contributed by atoms with E-state index in [-0.39, 0.29) is 23.8 Å². The van der Waals surface area contributed by atoms with E-state index in [1.807, 2.05) is 24.3 Å². The van der Waals surface area contributed by atoms with Crippen molar-refractivity contribution in [2.75, 3.05) is 18.0 Å². The molecule has 1 saturated carbocycles. The van der Waals surface area contributed by atoms with Crippen LogP contribution in [0.5, 0.6) is 0 Å². The standard InChI is InChI=1S/C20H28N2O3/c1-13(2)14-6-8-16(9-7-14)22-11-10-17(20(22)25)19(24)21-12-15-4-3-5-18(15)23/h6-9,13,15,17-18,23H,3-5,10-12H2,1-2H3,(H,21,24). The molecule has 5 heteroatoms. The topological polar surface area (TPSA) is 69.6 Å². The highest BCUT2D eigenvalue weighted by Gasteiger charge is 2.38. The van der Waals surface area contributed by atoms with Gasteiger partial charge in [-0.1, -0.05) is 32.4 Å². The van der Waals surface area contributed by atoms with Gasteiger partial charge >= 0.3 is 0 Å². The van der Waals surface area contributed by atoms with Crippen LogP contribution in [0.25, 0.3) is 0 Å². The molecule has 0 radical (unpaired) electrons. The first kappa shape index (κ1) is 17.9. The number of amides is 2. The molecule has 2 N–H and O–H groups in total. The van der Waals surface area contributed by atoms with Crippen molar-refractivity contribution in [2.45, 2.75) is 51.6 Å². The molecule has 2 amide bonds. The number of aliphatic hydroxyl groups is 1. The van der Waals surface area contributed by atoms with Crippen molar-refractivity contribution in [3.63, 3.8) is 0 Å². The third-order valence-electron chi connectivity index (χ3n) is 5.55. The van der Waals surface area contributed by atoms with Crippen molar-refractivity contribution in [3.05, 3.63) is 29.8 Å². The minimum Gasteiger partial charge on any atom is -0.393 e. The minimum atomic E-state index is -0.608. The average molecular weight is 344 g/mol. The highest BCUT2D eigenvalue weighted by Crippen LogP contribution is 2.28. The van der Waals surface area contributed by atoms with E-state index < -0.39 is 5.92 Å². The van der Waals surface area contributed by atoms with Gasteiger partial charge in [-0.05, 0) is 42.9 Å². The van der Waals surface area contributed by atoms with Gasteiger partial charge in [0.1, 0.15) is 5.92 Å². The predicted molar refractivity (Wildman–Crippen MR) is 97.3 cm³/mol. The van der Waals surface area contributed by atoms with Crippen LogP contribution in [0, 0.1) is 11.8 Å². The van der Waals surface area contributed by atoms with Crippen molar-refractivity contribution in [1.82, 2.24) is 5.32 Å². The molecule has 1 saturated heterocycles. The first-order valence-electron chi connectivity index (χ1n) is 9.34. The molecule has 0 spiro atoms. The number of aliphatic hydroxyl groups excluding tert-OH is 1. The normalized spacial score (nSPS) is 26.5. The third-order valence-corrected chi connectivity index (χ3v) is 5.55. The molecule has 25 heavy (non-hydrogen) atoms. The molecule has 2 fully saturated rings.